The standard InChI is InChI=1S/C15H19F3N2O2/c16-15(17,18)13-4-2-12(3-5-13)10-19-6-1-7-20(9-8-19)11-14(21)22/h2-5H,1,6-11H2,(H,21,22). The van der Waals surface area contributed by atoms with E-state index in [1.165, 1.54) is 12.1 Å². The lowest BCUT2D eigenvalue weighted by Crippen LogP contribution is -2.34. The third-order valence-corrected chi connectivity index (χ3v) is 3.73. The van der Waals surface area contributed by atoms with Gasteiger partial charge in [0.1, 0.15) is 0 Å². The molecule has 0 spiro atoms. The van der Waals surface area contributed by atoms with Gasteiger partial charge in [0, 0.05) is 26.2 Å². The largest absolute Gasteiger partial charge is 0.480 e. The molecule has 0 aliphatic carbocycles. The summed E-state index contributed by atoms with van der Waals surface area (Å²) in [4.78, 5) is 14.7. The molecule has 1 aliphatic rings. The number of rotatable bonds is 4. The van der Waals surface area contributed by atoms with Crippen molar-refractivity contribution in [2.75, 3.05) is 32.7 Å². The molecule has 2 rings (SSSR count). The van der Waals surface area contributed by atoms with Crippen LogP contribution < -0.4 is 0 Å². The Bertz CT molecular complexity index is 503. The minimum absolute atomic E-state index is 0.0358. The summed E-state index contributed by atoms with van der Waals surface area (Å²) in [7, 11) is 0. The Hall–Kier alpha value is -1.60. The summed E-state index contributed by atoms with van der Waals surface area (Å²) in [5, 5.41) is 8.80. The first-order valence-corrected chi connectivity index (χ1v) is 7.17. The Morgan fingerprint density at radius 3 is 2.23 bits per heavy atom. The molecule has 4 nitrogen and oxygen atoms in total. The van der Waals surface area contributed by atoms with E-state index in [0.29, 0.717) is 19.6 Å². The predicted octanol–water partition coefficient (Wildman–Crippen LogP) is 2.30. The van der Waals surface area contributed by atoms with E-state index in [1.54, 1.807) is 0 Å². The molecule has 122 valence electrons. The molecule has 0 aromatic heterocycles. The van der Waals surface area contributed by atoms with Crippen molar-refractivity contribution in [3.63, 3.8) is 0 Å². The predicted molar refractivity (Wildman–Crippen MR) is 75.4 cm³/mol. The maximum Gasteiger partial charge on any atom is 0.416 e. The zero-order chi connectivity index (χ0) is 16.2. The summed E-state index contributed by atoms with van der Waals surface area (Å²) in [5.74, 6) is -0.837. The topological polar surface area (TPSA) is 43.8 Å². The van der Waals surface area contributed by atoms with Crippen molar-refractivity contribution in [1.29, 1.82) is 0 Å². The van der Waals surface area contributed by atoms with Crippen molar-refractivity contribution in [3.05, 3.63) is 35.4 Å². The van der Waals surface area contributed by atoms with Crippen LogP contribution in [0.25, 0.3) is 0 Å². The highest BCUT2D eigenvalue weighted by Gasteiger charge is 2.30. The Morgan fingerprint density at radius 2 is 1.64 bits per heavy atom. The minimum atomic E-state index is -4.31. The molecule has 1 saturated heterocycles. The molecule has 0 unspecified atom stereocenters. The molecule has 1 heterocycles. The quantitative estimate of drug-likeness (QED) is 0.926. The number of carbonyl (C=O) groups is 1. The van der Waals surface area contributed by atoms with E-state index in [2.05, 4.69) is 4.90 Å². The summed E-state index contributed by atoms with van der Waals surface area (Å²) in [5.41, 5.74) is 0.194. The van der Waals surface area contributed by atoms with Gasteiger partial charge in [-0.2, -0.15) is 13.2 Å². The van der Waals surface area contributed by atoms with E-state index >= 15 is 0 Å². The van der Waals surface area contributed by atoms with Gasteiger partial charge in [0.15, 0.2) is 0 Å². The Labute approximate surface area is 127 Å². The van der Waals surface area contributed by atoms with Crippen LogP contribution in [0, 0.1) is 0 Å². The lowest BCUT2D eigenvalue weighted by Gasteiger charge is -2.21. The number of hydrogen-bond acceptors (Lipinski definition) is 3. The smallest absolute Gasteiger partial charge is 0.416 e. The fourth-order valence-corrected chi connectivity index (χ4v) is 2.59. The second kappa shape index (κ2) is 7.11. The molecule has 1 fully saturated rings. The van der Waals surface area contributed by atoms with Crippen LogP contribution in [0.4, 0.5) is 13.2 Å². The molecule has 0 saturated carbocycles. The third kappa shape index (κ3) is 4.99. The third-order valence-electron chi connectivity index (χ3n) is 3.73. The number of benzene rings is 1. The fourth-order valence-electron chi connectivity index (χ4n) is 2.59. The summed E-state index contributed by atoms with van der Waals surface area (Å²) in [6.45, 7) is 3.54. The second-order valence-electron chi connectivity index (χ2n) is 5.49. The highest BCUT2D eigenvalue weighted by atomic mass is 19.4. The first kappa shape index (κ1) is 16.8. The number of halogens is 3. The molecule has 1 N–H and O–H groups in total. The first-order chi connectivity index (χ1) is 10.3. The number of aliphatic carboxylic acids is 1. The van der Waals surface area contributed by atoms with E-state index in [4.69, 9.17) is 5.11 Å². The monoisotopic (exact) mass is 316 g/mol. The molecule has 7 heteroatoms. The maximum atomic E-state index is 12.5. The van der Waals surface area contributed by atoms with E-state index in [1.807, 2.05) is 4.90 Å². The normalized spacial score (nSPS) is 18.1. The lowest BCUT2D eigenvalue weighted by atomic mass is 10.1. The molecule has 1 aromatic rings. The molecule has 0 radical (unpaired) electrons. The number of nitrogens with zero attached hydrogens (tertiary/aromatic N) is 2. The van der Waals surface area contributed by atoms with Crippen molar-refractivity contribution >= 4 is 5.97 Å². The van der Waals surface area contributed by atoms with E-state index < -0.39 is 17.7 Å². The number of alkyl halides is 3. The van der Waals surface area contributed by atoms with Crippen LogP contribution in [0.15, 0.2) is 24.3 Å². The molecule has 0 bridgehead atoms. The molecule has 1 aliphatic heterocycles. The van der Waals surface area contributed by atoms with Crippen LogP contribution in [0.2, 0.25) is 0 Å². The Kier molecular flexibility index (Phi) is 5.42. The van der Waals surface area contributed by atoms with Crippen molar-refractivity contribution in [2.45, 2.75) is 19.1 Å². The lowest BCUT2D eigenvalue weighted by molar-refractivity contribution is -0.138. The van der Waals surface area contributed by atoms with Gasteiger partial charge in [-0.3, -0.25) is 14.6 Å². The maximum absolute atomic E-state index is 12.5. The molecule has 0 atom stereocenters. The Balaban J connectivity index is 1.89. The molecule has 0 amide bonds. The van der Waals surface area contributed by atoms with Crippen LogP contribution in [0.5, 0.6) is 0 Å². The zero-order valence-electron chi connectivity index (χ0n) is 12.1. The van der Waals surface area contributed by atoms with Gasteiger partial charge in [-0.05, 0) is 30.7 Å². The number of carboxylic acids is 1. The van der Waals surface area contributed by atoms with Crippen molar-refractivity contribution in [1.82, 2.24) is 9.80 Å². The van der Waals surface area contributed by atoms with Gasteiger partial charge in [-0.1, -0.05) is 12.1 Å². The van der Waals surface area contributed by atoms with Gasteiger partial charge in [-0.25, -0.2) is 0 Å². The van der Waals surface area contributed by atoms with Gasteiger partial charge < -0.3 is 5.11 Å². The molecule has 1 aromatic carbocycles. The molecule has 22 heavy (non-hydrogen) atoms. The van der Waals surface area contributed by atoms with Gasteiger partial charge in [0.2, 0.25) is 0 Å². The minimum Gasteiger partial charge on any atom is -0.480 e. The SMILES string of the molecule is O=C(O)CN1CCCN(Cc2ccc(C(F)(F)F)cc2)CC1. The van der Waals surface area contributed by atoms with E-state index in [-0.39, 0.29) is 6.54 Å². The highest BCUT2D eigenvalue weighted by molar-refractivity contribution is 5.69. The second-order valence-corrected chi connectivity index (χ2v) is 5.49. The van der Waals surface area contributed by atoms with Gasteiger partial charge in [0.05, 0.1) is 12.1 Å². The number of hydrogen-bond donors (Lipinski definition) is 1. The van der Waals surface area contributed by atoms with Crippen molar-refractivity contribution in [3.8, 4) is 0 Å². The van der Waals surface area contributed by atoms with Gasteiger partial charge in [-0.15, -0.1) is 0 Å². The van der Waals surface area contributed by atoms with Crippen molar-refractivity contribution in [2.24, 2.45) is 0 Å². The molecular weight excluding hydrogens is 297 g/mol. The average molecular weight is 316 g/mol. The van der Waals surface area contributed by atoms with Crippen LogP contribution in [-0.2, 0) is 17.5 Å². The van der Waals surface area contributed by atoms with Crippen LogP contribution in [0.3, 0.4) is 0 Å². The van der Waals surface area contributed by atoms with Gasteiger partial charge >= 0.3 is 12.1 Å². The summed E-state index contributed by atoms with van der Waals surface area (Å²) >= 11 is 0. The van der Waals surface area contributed by atoms with Gasteiger partial charge in [0.25, 0.3) is 0 Å². The van der Waals surface area contributed by atoms with Crippen LogP contribution in [0.1, 0.15) is 17.5 Å². The zero-order valence-corrected chi connectivity index (χ0v) is 12.1. The average Bonchev–Trinajstić information content (AvgIpc) is 2.63. The summed E-state index contributed by atoms with van der Waals surface area (Å²) in [6.07, 6.45) is -3.45. The molecular formula is C15H19F3N2O2. The number of carboxylic acid groups (broad SMARTS) is 1. The van der Waals surface area contributed by atoms with Crippen LogP contribution in [-0.4, -0.2) is 53.6 Å². The summed E-state index contributed by atoms with van der Waals surface area (Å²) < 4.78 is 37.5. The van der Waals surface area contributed by atoms with Crippen molar-refractivity contribution < 1.29 is 23.1 Å². The summed E-state index contributed by atoms with van der Waals surface area (Å²) in [6, 6.07) is 5.21. The Morgan fingerprint density at radius 1 is 1.05 bits per heavy atom. The highest BCUT2D eigenvalue weighted by Crippen LogP contribution is 2.29. The van der Waals surface area contributed by atoms with E-state index in [0.717, 1.165) is 37.2 Å². The van der Waals surface area contributed by atoms with Crippen LogP contribution >= 0.6 is 0 Å². The first-order valence-electron chi connectivity index (χ1n) is 7.17. The van der Waals surface area contributed by atoms with E-state index in [9.17, 15) is 18.0 Å². The fraction of sp³-hybridized carbons (Fsp3) is 0.533.